The molecule has 0 unspecified atom stereocenters. The smallest absolute Gasteiger partial charge is 0.251 e. The van der Waals surface area contributed by atoms with Gasteiger partial charge in [0, 0.05) is 5.57 Å². The normalized spacial score (nSPS) is 15.1. The lowest BCUT2D eigenvalue weighted by molar-refractivity contribution is -0.119. The molecule has 2 amide bonds. The third-order valence-electron chi connectivity index (χ3n) is 1.29. The van der Waals surface area contributed by atoms with Crippen LogP contribution in [-0.4, -0.2) is 17.6 Å². The average molecular weight is 167 g/mol. The van der Waals surface area contributed by atoms with Crippen molar-refractivity contribution in [1.82, 2.24) is 10.7 Å². The van der Waals surface area contributed by atoms with Crippen LogP contribution in [0.1, 0.15) is 13.3 Å². The minimum Gasteiger partial charge on any atom is -0.308 e. The number of nitrogens with one attached hydrogen (secondary N) is 2. The quantitative estimate of drug-likeness (QED) is 0.517. The van der Waals surface area contributed by atoms with E-state index in [1.165, 1.54) is 0 Å². The molecular formula is C7H9N3O2. The molecule has 1 aliphatic rings. The van der Waals surface area contributed by atoms with Gasteiger partial charge in [-0.05, 0) is 6.92 Å². The Kier molecular flexibility index (Phi) is 2.23. The molecule has 0 aromatic rings. The van der Waals surface area contributed by atoms with E-state index in [1.807, 2.05) is 0 Å². The van der Waals surface area contributed by atoms with Gasteiger partial charge in [0.05, 0.1) is 6.42 Å². The van der Waals surface area contributed by atoms with Gasteiger partial charge in [-0.25, -0.2) is 5.43 Å². The largest absolute Gasteiger partial charge is 0.308 e. The van der Waals surface area contributed by atoms with Gasteiger partial charge in [-0.15, -0.1) is 0 Å². The first-order valence-electron chi connectivity index (χ1n) is 3.42. The summed E-state index contributed by atoms with van der Waals surface area (Å²) in [7, 11) is 0. The third-order valence-corrected chi connectivity index (χ3v) is 1.29. The van der Waals surface area contributed by atoms with E-state index < -0.39 is 0 Å². The standard InChI is InChI=1S/C7H9N3O2/c1-4(2)7(12)8-5-3-6(11)10-9-5/h1,3H2,2H3,(H,10,11)(H,8,9,12). The molecule has 64 valence electrons. The highest BCUT2D eigenvalue weighted by Gasteiger charge is 2.16. The number of rotatable bonds is 1. The molecule has 0 aromatic heterocycles. The third kappa shape index (κ3) is 1.91. The van der Waals surface area contributed by atoms with Crippen molar-refractivity contribution in [3.63, 3.8) is 0 Å². The van der Waals surface area contributed by atoms with Crippen molar-refractivity contribution in [3.05, 3.63) is 12.2 Å². The van der Waals surface area contributed by atoms with Gasteiger partial charge in [-0.1, -0.05) is 6.58 Å². The predicted octanol–water partition coefficient (Wildman–Crippen LogP) is -0.488. The van der Waals surface area contributed by atoms with Gasteiger partial charge in [-0.3, -0.25) is 9.59 Å². The van der Waals surface area contributed by atoms with Crippen molar-refractivity contribution in [1.29, 1.82) is 0 Å². The summed E-state index contributed by atoms with van der Waals surface area (Å²) in [5, 5.41) is 6.02. The van der Waals surface area contributed by atoms with E-state index in [9.17, 15) is 9.59 Å². The van der Waals surface area contributed by atoms with E-state index in [-0.39, 0.29) is 18.2 Å². The molecule has 1 aliphatic heterocycles. The summed E-state index contributed by atoms with van der Waals surface area (Å²) in [4.78, 5) is 21.6. The number of carbonyl (C=O) groups is 2. The zero-order chi connectivity index (χ0) is 9.14. The maximum Gasteiger partial charge on any atom is 0.251 e. The van der Waals surface area contributed by atoms with E-state index in [2.05, 4.69) is 22.4 Å². The maximum atomic E-state index is 11.0. The Morgan fingerprint density at radius 3 is 2.83 bits per heavy atom. The molecular weight excluding hydrogens is 158 g/mol. The van der Waals surface area contributed by atoms with E-state index in [1.54, 1.807) is 6.92 Å². The molecule has 12 heavy (non-hydrogen) atoms. The van der Waals surface area contributed by atoms with Gasteiger partial charge in [0.2, 0.25) is 5.91 Å². The Bertz CT molecular complexity index is 280. The van der Waals surface area contributed by atoms with Crippen LogP contribution in [0.5, 0.6) is 0 Å². The molecule has 0 aliphatic carbocycles. The number of amides is 2. The van der Waals surface area contributed by atoms with Gasteiger partial charge in [0.1, 0.15) is 5.84 Å². The van der Waals surface area contributed by atoms with Crippen LogP contribution in [0.2, 0.25) is 0 Å². The number of hydrogen-bond acceptors (Lipinski definition) is 3. The highest BCUT2D eigenvalue weighted by atomic mass is 16.2. The molecule has 0 aromatic carbocycles. The first kappa shape index (κ1) is 8.45. The second-order valence-corrected chi connectivity index (χ2v) is 2.50. The molecule has 0 spiro atoms. The van der Waals surface area contributed by atoms with E-state index in [0.29, 0.717) is 11.4 Å². The predicted molar refractivity (Wildman–Crippen MR) is 43.2 cm³/mol. The monoisotopic (exact) mass is 167 g/mol. The summed E-state index contributed by atoms with van der Waals surface area (Å²) in [5.41, 5.74) is 2.60. The second kappa shape index (κ2) is 3.17. The lowest BCUT2D eigenvalue weighted by Crippen LogP contribution is -2.29. The minimum absolute atomic E-state index is 0.124. The number of amidine groups is 1. The fraction of sp³-hybridized carbons (Fsp3) is 0.286. The fourth-order valence-corrected chi connectivity index (χ4v) is 0.671. The summed E-state index contributed by atoms with van der Waals surface area (Å²) >= 11 is 0. The lowest BCUT2D eigenvalue weighted by atomic mass is 10.3. The molecule has 5 heteroatoms. The first-order chi connectivity index (χ1) is 5.59. The molecule has 0 atom stereocenters. The average Bonchev–Trinajstić information content (AvgIpc) is 2.35. The molecule has 2 N–H and O–H groups in total. The summed E-state index contributed by atoms with van der Waals surface area (Å²) < 4.78 is 0. The van der Waals surface area contributed by atoms with Crippen molar-refractivity contribution in [2.75, 3.05) is 0 Å². The van der Waals surface area contributed by atoms with Crippen LogP contribution < -0.4 is 10.7 Å². The summed E-state index contributed by atoms with van der Waals surface area (Å²) in [6.07, 6.45) is 0.124. The molecule has 0 bridgehead atoms. The van der Waals surface area contributed by atoms with Crippen LogP contribution in [0.25, 0.3) is 0 Å². The molecule has 1 heterocycles. The van der Waals surface area contributed by atoms with Crippen molar-refractivity contribution < 1.29 is 9.59 Å². The minimum atomic E-state index is -0.315. The van der Waals surface area contributed by atoms with E-state index in [0.717, 1.165) is 0 Å². The zero-order valence-corrected chi connectivity index (χ0v) is 6.68. The van der Waals surface area contributed by atoms with Gasteiger partial charge >= 0.3 is 0 Å². The molecule has 0 saturated heterocycles. The summed E-state index contributed by atoms with van der Waals surface area (Å²) in [5.74, 6) is -0.190. The molecule has 1 rings (SSSR count). The van der Waals surface area contributed by atoms with Gasteiger partial charge < -0.3 is 5.32 Å². The topological polar surface area (TPSA) is 70.6 Å². The Labute approximate surface area is 69.5 Å². The molecule has 0 fully saturated rings. The van der Waals surface area contributed by atoms with E-state index >= 15 is 0 Å². The van der Waals surface area contributed by atoms with Crippen LogP contribution in [-0.2, 0) is 9.59 Å². The van der Waals surface area contributed by atoms with Crippen molar-refractivity contribution in [3.8, 4) is 0 Å². The van der Waals surface area contributed by atoms with Gasteiger partial charge in [0.15, 0.2) is 0 Å². The van der Waals surface area contributed by atoms with Gasteiger partial charge in [-0.2, -0.15) is 5.10 Å². The lowest BCUT2D eigenvalue weighted by Gasteiger charge is -2.00. The van der Waals surface area contributed by atoms with Crippen molar-refractivity contribution in [2.45, 2.75) is 13.3 Å². The maximum absolute atomic E-state index is 11.0. The highest BCUT2D eigenvalue weighted by Crippen LogP contribution is 1.94. The van der Waals surface area contributed by atoms with Gasteiger partial charge in [0.25, 0.3) is 5.91 Å². The van der Waals surface area contributed by atoms with Crippen LogP contribution >= 0.6 is 0 Å². The highest BCUT2D eigenvalue weighted by molar-refractivity contribution is 6.12. The van der Waals surface area contributed by atoms with Crippen LogP contribution in [0.15, 0.2) is 17.3 Å². The number of carbonyl (C=O) groups excluding carboxylic acids is 2. The Morgan fingerprint density at radius 1 is 1.75 bits per heavy atom. The SMILES string of the molecule is C=C(C)C(=O)NC1=NNC(=O)C1. The zero-order valence-electron chi connectivity index (χ0n) is 6.68. The van der Waals surface area contributed by atoms with Crippen LogP contribution in [0.4, 0.5) is 0 Å². The summed E-state index contributed by atoms with van der Waals surface area (Å²) in [6.45, 7) is 5.03. The Balaban J connectivity index is 2.48. The van der Waals surface area contributed by atoms with Crippen LogP contribution in [0, 0.1) is 0 Å². The summed E-state index contributed by atoms with van der Waals surface area (Å²) in [6, 6.07) is 0. The second-order valence-electron chi connectivity index (χ2n) is 2.50. The Morgan fingerprint density at radius 2 is 2.42 bits per heavy atom. The van der Waals surface area contributed by atoms with Crippen molar-refractivity contribution >= 4 is 17.6 Å². The number of hydrogen-bond donors (Lipinski definition) is 2. The number of nitrogens with zero attached hydrogens (tertiary/aromatic N) is 1. The van der Waals surface area contributed by atoms with E-state index in [4.69, 9.17) is 0 Å². The van der Waals surface area contributed by atoms with Crippen LogP contribution in [0.3, 0.4) is 0 Å². The fourth-order valence-electron chi connectivity index (χ4n) is 0.671. The number of hydrazone groups is 1. The van der Waals surface area contributed by atoms with Crippen molar-refractivity contribution in [2.24, 2.45) is 5.10 Å². The Hall–Kier alpha value is -1.65. The molecule has 0 radical (unpaired) electrons. The molecule has 0 saturated carbocycles. The molecule has 5 nitrogen and oxygen atoms in total. The first-order valence-corrected chi connectivity index (χ1v) is 3.42.